The minimum Gasteiger partial charge on any atom is -0.370 e. The molecule has 0 saturated heterocycles. The minimum atomic E-state index is 0.535. The molecular weight excluding hydrogens is 202 g/mol. The molecule has 0 spiro atoms. The molecule has 0 aliphatic heterocycles. The lowest BCUT2D eigenvalue weighted by Gasteiger charge is -2.25. The van der Waals surface area contributed by atoms with Gasteiger partial charge in [-0.2, -0.15) is 5.10 Å². The molecule has 1 saturated carbocycles. The van der Waals surface area contributed by atoms with Crippen molar-refractivity contribution < 1.29 is 0 Å². The maximum Gasteiger partial charge on any atom is 0.188 e. The van der Waals surface area contributed by atoms with Crippen molar-refractivity contribution in [1.29, 1.82) is 0 Å². The van der Waals surface area contributed by atoms with Crippen molar-refractivity contribution >= 4 is 5.96 Å². The van der Waals surface area contributed by atoms with Crippen LogP contribution in [0.1, 0.15) is 30.5 Å². The van der Waals surface area contributed by atoms with Crippen LogP contribution in [-0.4, -0.2) is 22.7 Å². The van der Waals surface area contributed by atoms with Crippen molar-refractivity contribution in [3.63, 3.8) is 0 Å². The van der Waals surface area contributed by atoms with E-state index in [2.05, 4.69) is 20.5 Å². The maximum absolute atomic E-state index is 5.78. The highest BCUT2D eigenvalue weighted by molar-refractivity contribution is 5.77. The number of hydrogen-bond donors (Lipinski definition) is 3. The lowest BCUT2D eigenvalue weighted by atomic mass is 9.85. The zero-order chi connectivity index (χ0) is 11.4. The Kier molecular flexibility index (Phi) is 3.44. The number of guanidine groups is 1. The summed E-state index contributed by atoms with van der Waals surface area (Å²) < 4.78 is 0. The third-order valence-corrected chi connectivity index (χ3v) is 3.15. The molecule has 0 unspecified atom stereocenters. The Morgan fingerprint density at radius 2 is 2.50 bits per heavy atom. The summed E-state index contributed by atoms with van der Waals surface area (Å²) in [6, 6.07) is 0. The quantitative estimate of drug-likeness (QED) is 0.522. The molecule has 5 heteroatoms. The van der Waals surface area contributed by atoms with E-state index in [0.29, 0.717) is 12.5 Å². The average molecular weight is 221 g/mol. The first-order chi connectivity index (χ1) is 7.75. The van der Waals surface area contributed by atoms with Gasteiger partial charge in [0.05, 0.1) is 12.7 Å². The van der Waals surface area contributed by atoms with Gasteiger partial charge >= 0.3 is 0 Å². The maximum atomic E-state index is 5.78. The number of nitrogens with two attached hydrogens (primary N) is 1. The normalized spacial score (nSPS) is 17.2. The first-order valence-electron chi connectivity index (χ1n) is 5.78. The molecule has 4 N–H and O–H groups in total. The number of aliphatic imine (C=N–C) groups is 1. The number of H-pyrrole nitrogens is 1. The van der Waals surface area contributed by atoms with Gasteiger partial charge in [0.1, 0.15) is 0 Å². The van der Waals surface area contributed by atoms with Crippen LogP contribution in [0.25, 0.3) is 0 Å². The predicted octanol–water partition coefficient (Wildman–Crippen LogP) is 0.923. The molecular formula is C11H19N5. The standard InChI is InChI=1S/C11H19N5/c1-8-10(7-15-16-8)6-14-11(12)13-5-9-3-2-4-9/h7,9H,2-6H2,1H3,(H,15,16)(H3,12,13,14). The zero-order valence-electron chi connectivity index (χ0n) is 9.66. The zero-order valence-corrected chi connectivity index (χ0v) is 9.66. The monoisotopic (exact) mass is 221 g/mol. The van der Waals surface area contributed by atoms with Gasteiger partial charge in [-0.1, -0.05) is 6.42 Å². The molecule has 1 fully saturated rings. The minimum absolute atomic E-state index is 0.535. The van der Waals surface area contributed by atoms with Crippen LogP contribution in [-0.2, 0) is 6.54 Å². The number of rotatable bonds is 4. The van der Waals surface area contributed by atoms with Gasteiger partial charge in [-0.3, -0.25) is 5.10 Å². The fourth-order valence-electron chi connectivity index (χ4n) is 1.71. The van der Waals surface area contributed by atoms with Crippen molar-refractivity contribution in [2.24, 2.45) is 16.6 Å². The third-order valence-electron chi connectivity index (χ3n) is 3.15. The summed E-state index contributed by atoms with van der Waals surface area (Å²) in [5, 5.41) is 9.98. The first-order valence-corrected chi connectivity index (χ1v) is 5.78. The molecule has 0 bridgehead atoms. The Balaban J connectivity index is 1.75. The van der Waals surface area contributed by atoms with Crippen molar-refractivity contribution in [1.82, 2.24) is 15.5 Å². The van der Waals surface area contributed by atoms with E-state index in [0.717, 1.165) is 23.7 Å². The molecule has 1 aromatic heterocycles. The predicted molar refractivity (Wildman–Crippen MR) is 64.0 cm³/mol. The lowest BCUT2D eigenvalue weighted by molar-refractivity contribution is 0.315. The number of hydrogen-bond acceptors (Lipinski definition) is 2. The van der Waals surface area contributed by atoms with E-state index in [1.54, 1.807) is 6.20 Å². The molecule has 16 heavy (non-hydrogen) atoms. The number of nitrogens with zero attached hydrogens (tertiary/aromatic N) is 2. The van der Waals surface area contributed by atoms with Crippen LogP contribution in [0, 0.1) is 12.8 Å². The third kappa shape index (κ3) is 2.74. The SMILES string of the molecule is Cc1[nH]ncc1CN=C(N)NCC1CCC1. The van der Waals surface area contributed by atoms with Crippen molar-refractivity contribution in [2.75, 3.05) is 6.54 Å². The second-order valence-electron chi connectivity index (χ2n) is 4.40. The molecule has 5 nitrogen and oxygen atoms in total. The van der Waals surface area contributed by atoms with E-state index in [-0.39, 0.29) is 0 Å². The Hall–Kier alpha value is -1.52. The van der Waals surface area contributed by atoms with Crippen molar-refractivity contribution in [2.45, 2.75) is 32.7 Å². The second-order valence-corrected chi connectivity index (χ2v) is 4.40. The van der Waals surface area contributed by atoms with E-state index in [1.165, 1.54) is 19.3 Å². The summed E-state index contributed by atoms with van der Waals surface area (Å²) in [6.07, 6.45) is 5.79. The molecule has 0 aromatic carbocycles. The van der Waals surface area contributed by atoms with Gasteiger partial charge in [-0.05, 0) is 25.7 Å². The van der Waals surface area contributed by atoms with Gasteiger partial charge in [0.15, 0.2) is 5.96 Å². The summed E-state index contributed by atoms with van der Waals surface area (Å²) in [6.45, 7) is 3.53. The summed E-state index contributed by atoms with van der Waals surface area (Å²) in [7, 11) is 0. The molecule has 0 amide bonds. The Labute approximate surface area is 95.5 Å². The van der Waals surface area contributed by atoms with E-state index in [1.807, 2.05) is 6.92 Å². The molecule has 1 aromatic rings. The highest BCUT2D eigenvalue weighted by Crippen LogP contribution is 2.24. The molecule has 0 radical (unpaired) electrons. The Morgan fingerprint density at radius 3 is 3.06 bits per heavy atom. The van der Waals surface area contributed by atoms with Gasteiger partial charge in [-0.25, -0.2) is 4.99 Å². The Morgan fingerprint density at radius 1 is 1.69 bits per heavy atom. The van der Waals surface area contributed by atoms with E-state index >= 15 is 0 Å². The molecule has 88 valence electrons. The lowest BCUT2D eigenvalue weighted by Crippen LogP contribution is -2.37. The molecule has 1 aliphatic carbocycles. The molecule has 1 aliphatic rings. The second kappa shape index (κ2) is 5.01. The number of aromatic amines is 1. The summed E-state index contributed by atoms with van der Waals surface area (Å²) >= 11 is 0. The van der Waals surface area contributed by atoms with Crippen LogP contribution in [0.4, 0.5) is 0 Å². The average Bonchev–Trinajstić information content (AvgIpc) is 2.59. The van der Waals surface area contributed by atoms with E-state index in [9.17, 15) is 0 Å². The van der Waals surface area contributed by atoms with Gasteiger partial charge in [0.25, 0.3) is 0 Å². The summed E-state index contributed by atoms with van der Waals surface area (Å²) in [4.78, 5) is 4.28. The number of aryl methyl sites for hydroxylation is 1. The van der Waals surface area contributed by atoms with Crippen molar-refractivity contribution in [3.05, 3.63) is 17.5 Å². The van der Waals surface area contributed by atoms with Crippen LogP contribution >= 0.6 is 0 Å². The van der Waals surface area contributed by atoms with Crippen LogP contribution in [0.3, 0.4) is 0 Å². The largest absolute Gasteiger partial charge is 0.370 e. The van der Waals surface area contributed by atoms with Crippen LogP contribution in [0.15, 0.2) is 11.2 Å². The van der Waals surface area contributed by atoms with Gasteiger partial charge < -0.3 is 11.1 Å². The highest BCUT2D eigenvalue weighted by atomic mass is 15.1. The molecule has 1 heterocycles. The van der Waals surface area contributed by atoms with Crippen LogP contribution < -0.4 is 11.1 Å². The van der Waals surface area contributed by atoms with E-state index < -0.39 is 0 Å². The first kappa shape index (κ1) is 11.0. The van der Waals surface area contributed by atoms with Crippen molar-refractivity contribution in [3.8, 4) is 0 Å². The molecule has 2 rings (SSSR count). The fraction of sp³-hybridized carbons (Fsp3) is 0.636. The van der Waals surface area contributed by atoms with Gasteiger partial charge in [0.2, 0.25) is 0 Å². The fourth-order valence-corrected chi connectivity index (χ4v) is 1.71. The molecule has 0 atom stereocenters. The van der Waals surface area contributed by atoms with Crippen LogP contribution in [0.2, 0.25) is 0 Å². The van der Waals surface area contributed by atoms with Gasteiger partial charge in [0, 0.05) is 17.8 Å². The Bertz CT molecular complexity index is 364. The summed E-state index contributed by atoms with van der Waals surface area (Å²) in [5.41, 5.74) is 7.92. The topological polar surface area (TPSA) is 79.1 Å². The smallest absolute Gasteiger partial charge is 0.188 e. The highest BCUT2D eigenvalue weighted by Gasteiger charge is 2.16. The van der Waals surface area contributed by atoms with Gasteiger partial charge in [-0.15, -0.1) is 0 Å². The number of aromatic nitrogens is 2. The van der Waals surface area contributed by atoms with E-state index in [4.69, 9.17) is 5.73 Å². The van der Waals surface area contributed by atoms with Crippen LogP contribution in [0.5, 0.6) is 0 Å². The number of nitrogens with one attached hydrogen (secondary N) is 2. The summed E-state index contributed by atoms with van der Waals surface area (Å²) in [5.74, 6) is 1.33.